The Bertz CT molecular complexity index is 246. The number of rotatable bonds is 7. The summed E-state index contributed by atoms with van der Waals surface area (Å²) in [6.45, 7) is 8.43. The third kappa shape index (κ3) is 17.1. The fraction of sp³-hybridized carbons (Fsp3) is 0.714. The molecular weight excluding hydrogens is 232 g/mol. The molecule has 4 heteroatoms. The van der Waals surface area contributed by atoms with Crippen molar-refractivity contribution in [2.75, 3.05) is 6.61 Å². The molecule has 0 amide bonds. The zero-order chi connectivity index (χ0) is 14.4. The maximum Gasteiger partial charge on any atom is 0.330 e. The smallest absolute Gasteiger partial charge is 0.330 e. The number of unbranched alkanes of at least 4 members (excludes halogenated alkanes) is 1. The van der Waals surface area contributed by atoms with Gasteiger partial charge in [0.05, 0.1) is 6.61 Å². The zero-order valence-corrected chi connectivity index (χ0v) is 11.9. The Morgan fingerprint density at radius 1 is 1.33 bits per heavy atom. The molecule has 0 radical (unpaired) electrons. The van der Waals surface area contributed by atoms with Gasteiger partial charge in [0.2, 0.25) is 0 Å². The van der Waals surface area contributed by atoms with Gasteiger partial charge in [-0.2, -0.15) is 0 Å². The van der Waals surface area contributed by atoms with E-state index in [1.807, 2.05) is 6.92 Å². The number of hydrogen-bond acceptors (Lipinski definition) is 3. The van der Waals surface area contributed by atoms with E-state index < -0.39 is 5.97 Å². The van der Waals surface area contributed by atoms with Crippen molar-refractivity contribution in [3.05, 3.63) is 12.2 Å². The van der Waals surface area contributed by atoms with E-state index in [1.165, 1.54) is 6.08 Å². The first-order valence-corrected chi connectivity index (χ1v) is 6.49. The van der Waals surface area contributed by atoms with Crippen molar-refractivity contribution >= 4 is 11.9 Å². The fourth-order valence-corrected chi connectivity index (χ4v) is 0.854. The van der Waals surface area contributed by atoms with Crippen molar-refractivity contribution in [2.45, 2.75) is 53.4 Å². The summed E-state index contributed by atoms with van der Waals surface area (Å²) in [6, 6.07) is 0. The first kappa shape index (κ1) is 19.0. The predicted octanol–water partition coefficient (Wildman–Crippen LogP) is 3.41. The second-order valence-corrected chi connectivity index (χ2v) is 4.14. The molecule has 106 valence electrons. The molecule has 0 aromatic rings. The highest BCUT2D eigenvalue weighted by Crippen LogP contribution is 2.00. The summed E-state index contributed by atoms with van der Waals surface area (Å²) in [4.78, 5) is 20.5. The van der Waals surface area contributed by atoms with Crippen LogP contribution in [-0.4, -0.2) is 23.7 Å². The van der Waals surface area contributed by atoms with Crippen molar-refractivity contribution < 1.29 is 19.4 Å². The zero-order valence-electron chi connectivity index (χ0n) is 11.9. The van der Waals surface area contributed by atoms with E-state index >= 15 is 0 Å². The van der Waals surface area contributed by atoms with Crippen LogP contribution in [0, 0.1) is 5.92 Å². The lowest BCUT2D eigenvalue weighted by Gasteiger charge is -2.06. The standard InChI is InChI=1S/C9H16O2.C5H10O2/c1-4-6-9(10)11-7-8(3)5-2;1-2-3-4-5(6)7/h4,6,8H,5,7H2,1-3H3;2-4H2,1H3,(H,6,7). The minimum absolute atomic E-state index is 0.243. The molecule has 0 aromatic carbocycles. The average molecular weight is 258 g/mol. The van der Waals surface area contributed by atoms with E-state index in [9.17, 15) is 9.59 Å². The summed E-state index contributed by atoms with van der Waals surface area (Å²) in [5, 5.41) is 8.04. The second kappa shape index (κ2) is 13.7. The van der Waals surface area contributed by atoms with Gasteiger partial charge in [-0.15, -0.1) is 0 Å². The first-order valence-electron chi connectivity index (χ1n) is 6.49. The number of carboxylic acids is 1. The van der Waals surface area contributed by atoms with Crippen molar-refractivity contribution in [1.82, 2.24) is 0 Å². The molecule has 0 rings (SSSR count). The van der Waals surface area contributed by atoms with Crippen molar-refractivity contribution in [3.8, 4) is 0 Å². The van der Waals surface area contributed by atoms with Crippen molar-refractivity contribution in [3.63, 3.8) is 0 Å². The summed E-state index contributed by atoms with van der Waals surface area (Å²) in [6.07, 6.45) is 6.24. The lowest BCUT2D eigenvalue weighted by atomic mass is 10.1. The monoisotopic (exact) mass is 258 g/mol. The van der Waals surface area contributed by atoms with Crippen LogP contribution in [0.2, 0.25) is 0 Å². The molecule has 4 nitrogen and oxygen atoms in total. The lowest BCUT2D eigenvalue weighted by molar-refractivity contribution is -0.139. The lowest BCUT2D eigenvalue weighted by Crippen LogP contribution is -2.08. The van der Waals surface area contributed by atoms with E-state index in [4.69, 9.17) is 9.84 Å². The Hall–Kier alpha value is -1.32. The molecule has 0 saturated carbocycles. The number of carbonyl (C=O) groups excluding carboxylic acids is 1. The van der Waals surface area contributed by atoms with Crippen LogP contribution >= 0.6 is 0 Å². The summed E-state index contributed by atoms with van der Waals surface area (Å²) >= 11 is 0. The van der Waals surface area contributed by atoms with E-state index in [-0.39, 0.29) is 5.97 Å². The van der Waals surface area contributed by atoms with Crippen LogP contribution in [0.3, 0.4) is 0 Å². The van der Waals surface area contributed by atoms with Crippen LogP contribution < -0.4 is 0 Å². The molecule has 0 aliphatic heterocycles. The molecule has 1 unspecified atom stereocenters. The highest BCUT2D eigenvalue weighted by atomic mass is 16.5. The first-order chi connectivity index (χ1) is 8.47. The molecule has 0 saturated heterocycles. The molecule has 0 aliphatic rings. The van der Waals surface area contributed by atoms with Crippen LogP contribution in [0.4, 0.5) is 0 Å². The molecular formula is C14H26O4. The molecule has 0 spiro atoms. The molecule has 1 N–H and O–H groups in total. The Kier molecular flexibility index (Phi) is 14.5. The van der Waals surface area contributed by atoms with E-state index in [2.05, 4.69) is 13.8 Å². The molecule has 0 aliphatic carbocycles. The molecule has 0 fully saturated rings. The van der Waals surface area contributed by atoms with E-state index in [0.717, 1.165) is 19.3 Å². The van der Waals surface area contributed by atoms with Crippen LogP contribution in [0.5, 0.6) is 0 Å². The van der Waals surface area contributed by atoms with Gasteiger partial charge in [0.25, 0.3) is 0 Å². The number of aliphatic carboxylic acids is 1. The largest absolute Gasteiger partial charge is 0.481 e. The quantitative estimate of drug-likeness (QED) is 0.561. The minimum atomic E-state index is -0.693. The van der Waals surface area contributed by atoms with Crippen LogP contribution in [0.15, 0.2) is 12.2 Å². The number of esters is 1. The summed E-state index contributed by atoms with van der Waals surface area (Å²) in [7, 11) is 0. The number of allylic oxidation sites excluding steroid dienone is 1. The predicted molar refractivity (Wildman–Crippen MR) is 72.4 cm³/mol. The maximum atomic E-state index is 10.8. The molecule has 1 atom stereocenters. The van der Waals surface area contributed by atoms with Gasteiger partial charge >= 0.3 is 11.9 Å². The van der Waals surface area contributed by atoms with Gasteiger partial charge in [-0.05, 0) is 19.3 Å². The topological polar surface area (TPSA) is 63.6 Å². The van der Waals surface area contributed by atoms with Gasteiger partial charge in [-0.25, -0.2) is 4.79 Å². The molecule has 0 aromatic heterocycles. The Morgan fingerprint density at radius 2 is 1.94 bits per heavy atom. The van der Waals surface area contributed by atoms with Crippen LogP contribution in [0.1, 0.15) is 53.4 Å². The Morgan fingerprint density at radius 3 is 2.28 bits per heavy atom. The molecule has 18 heavy (non-hydrogen) atoms. The van der Waals surface area contributed by atoms with E-state index in [1.54, 1.807) is 13.0 Å². The third-order valence-electron chi connectivity index (χ3n) is 2.25. The maximum absolute atomic E-state index is 10.8. The van der Waals surface area contributed by atoms with Crippen LogP contribution in [0.25, 0.3) is 0 Å². The van der Waals surface area contributed by atoms with E-state index in [0.29, 0.717) is 18.9 Å². The van der Waals surface area contributed by atoms with Gasteiger partial charge < -0.3 is 9.84 Å². The highest BCUT2D eigenvalue weighted by molar-refractivity contribution is 5.81. The third-order valence-corrected chi connectivity index (χ3v) is 2.25. The summed E-state index contributed by atoms with van der Waals surface area (Å²) in [5.41, 5.74) is 0. The number of hydrogen-bond donors (Lipinski definition) is 1. The fourth-order valence-electron chi connectivity index (χ4n) is 0.854. The summed E-state index contributed by atoms with van der Waals surface area (Å²) in [5.74, 6) is -0.473. The molecule has 0 bridgehead atoms. The molecule has 0 heterocycles. The number of ether oxygens (including phenoxy) is 1. The number of carbonyl (C=O) groups is 2. The van der Waals surface area contributed by atoms with Crippen LogP contribution in [-0.2, 0) is 14.3 Å². The minimum Gasteiger partial charge on any atom is -0.481 e. The normalized spacial score (nSPS) is 11.6. The van der Waals surface area contributed by atoms with Gasteiger partial charge in [0, 0.05) is 12.5 Å². The van der Waals surface area contributed by atoms with Gasteiger partial charge in [-0.1, -0.05) is 39.7 Å². The van der Waals surface area contributed by atoms with Gasteiger partial charge in [-0.3, -0.25) is 4.79 Å². The highest BCUT2D eigenvalue weighted by Gasteiger charge is 2.01. The number of carboxylic acid groups (broad SMARTS) is 1. The SMILES string of the molecule is CC=CC(=O)OCC(C)CC.CCCCC(=O)O. The Balaban J connectivity index is 0. The van der Waals surface area contributed by atoms with Gasteiger partial charge in [0.15, 0.2) is 0 Å². The Labute approximate surface area is 110 Å². The van der Waals surface area contributed by atoms with Crippen molar-refractivity contribution in [2.24, 2.45) is 5.92 Å². The second-order valence-electron chi connectivity index (χ2n) is 4.14. The average Bonchev–Trinajstić information content (AvgIpc) is 2.34. The van der Waals surface area contributed by atoms with Crippen molar-refractivity contribution in [1.29, 1.82) is 0 Å². The summed E-state index contributed by atoms with van der Waals surface area (Å²) < 4.78 is 4.91. The van der Waals surface area contributed by atoms with Gasteiger partial charge in [0.1, 0.15) is 0 Å².